The lowest BCUT2D eigenvalue weighted by Crippen LogP contribution is -2.50. The maximum atomic E-state index is 9.13. The fraction of sp³-hybridized carbons (Fsp3) is 0.538. The second kappa shape index (κ2) is 5.80. The number of rotatable bonds is 3. The molecule has 1 aliphatic rings. The molecule has 0 bridgehead atoms. The van der Waals surface area contributed by atoms with Crippen LogP contribution in [0, 0.1) is 11.3 Å². The van der Waals surface area contributed by atoms with Crippen molar-refractivity contribution in [2.75, 3.05) is 37.7 Å². The number of anilines is 1. The van der Waals surface area contributed by atoms with Crippen LogP contribution in [0.5, 0.6) is 0 Å². The smallest absolute Gasteiger partial charge is 0.142 e. The average Bonchev–Trinajstić information content (AvgIpc) is 2.46. The van der Waals surface area contributed by atoms with Crippen molar-refractivity contribution in [3.05, 3.63) is 23.9 Å². The SMILES string of the molecule is CC(CO)N1CCN(c2cccc(C#N)n2)CC1. The largest absolute Gasteiger partial charge is 0.395 e. The third kappa shape index (κ3) is 2.78. The Morgan fingerprint density at radius 2 is 2.11 bits per heavy atom. The summed E-state index contributed by atoms with van der Waals surface area (Å²) in [5.74, 6) is 0.866. The van der Waals surface area contributed by atoms with Gasteiger partial charge in [-0.2, -0.15) is 5.26 Å². The first-order valence-electron chi connectivity index (χ1n) is 6.21. The highest BCUT2D eigenvalue weighted by Crippen LogP contribution is 2.15. The lowest BCUT2D eigenvalue weighted by atomic mass is 10.2. The molecule has 2 heterocycles. The Bertz CT molecular complexity index is 435. The van der Waals surface area contributed by atoms with Gasteiger partial charge in [0.05, 0.1) is 6.61 Å². The van der Waals surface area contributed by atoms with Crippen molar-refractivity contribution >= 4 is 5.82 Å². The Hall–Kier alpha value is -1.64. The summed E-state index contributed by atoms with van der Waals surface area (Å²) in [4.78, 5) is 8.75. The topological polar surface area (TPSA) is 63.4 Å². The Kier molecular flexibility index (Phi) is 4.13. The Labute approximate surface area is 107 Å². The van der Waals surface area contributed by atoms with E-state index in [0.717, 1.165) is 32.0 Å². The average molecular weight is 246 g/mol. The fourth-order valence-electron chi connectivity index (χ4n) is 2.17. The summed E-state index contributed by atoms with van der Waals surface area (Å²) in [6.45, 7) is 5.82. The molecule has 1 aliphatic heterocycles. The van der Waals surface area contributed by atoms with Crippen molar-refractivity contribution in [3.8, 4) is 6.07 Å². The molecule has 0 amide bonds. The van der Waals surface area contributed by atoms with Crippen molar-refractivity contribution in [3.63, 3.8) is 0 Å². The molecule has 0 saturated carbocycles. The first-order chi connectivity index (χ1) is 8.74. The van der Waals surface area contributed by atoms with Gasteiger partial charge in [-0.3, -0.25) is 4.90 Å². The summed E-state index contributed by atoms with van der Waals surface area (Å²) in [6.07, 6.45) is 0. The van der Waals surface area contributed by atoms with E-state index in [0.29, 0.717) is 5.69 Å². The monoisotopic (exact) mass is 246 g/mol. The van der Waals surface area contributed by atoms with Gasteiger partial charge in [0.2, 0.25) is 0 Å². The Balaban J connectivity index is 1.99. The highest BCUT2D eigenvalue weighted by Gasteiger charge is 2.21. The van der Waals surface area contributed by atoms with E-state index in [1.54, 1.807) is 6.07 Å². The minimum atomic E-state index is 0.197. The molecule has 1 fully saturated rings. The van der Waals surface area contributed by atoms with Crippen LogP contribution in [-0.2, 0) is 0 Å². The van der Waals surface area contributed by atoms with E-state index in [1.807, 2.05) is 19.1 Å². The van der Waals surface area contributed by atoms with Gasteiger partial charge in [-0.1, -0.05) is 6.07 Å². The molecular formula is C13H18N4O. The zero-order chi connectivity index (χ0) is 13.0. The van der Waals surface area contributed by atoms with Crippen LogP contribution < -0.4 is 4.90 Å². The van der Waals surface area contributed by atoms with Crippen LogP contribution in [-0.4, -0.2) is 53.8 Å². The molecule has 0 radical (unpaired) electrons. The molecule has 5 nitrogen and oxygen atoms in total. The minimum absolute atomic E-state index is 0.197. The number of hydrogen-bond donors (Lipinski definition) is 1. The van der Waals surface area contributed by atoms with Gasteiger partial charge in [0.15, 0.2) is 0 Å². The van der Waals surface area contributed by atoms with Crippen molar-refractivity contribution in [2.45, 2.75) is 13.0 Å². The second-order valence-corrected chi connectivity index (χ2v) is 4.55. The van der Waals surface area contributed by atoms with Gasteiger partial charge < -0.3 is 10.0 Å². The molecule has 1 N–H and O–H groups in total. The highest BCUT2D eigenvalue weighted by molar-refractivity contribution is 5.42. The van der Waals surface area contributed by atoms with E-state index in [9.17, 15) is 0 Å². The van der Waals surface area contributed by atoms with E-state index in [4.69, 9.17) is 10.4 Å². The van der Waals surface area contributed by atoms with Crippen molar-refractivity contribution < 1.29 is 5.11 Å². The van der Waals surface area contributed by atoms with Crippen LogP contribution >= 0.6 is 0 Å². The number of aliphatic hydroxyl groups is 1. The van der Waals surface area contributed by atoms with Gasteiger partial charge in [-0.15, -0.1) is 0 Å². The highest BCUT2D eigenvalue weighted by atomic mass is 16.3. The third-order valence-electron chi connectivity index (χ3n) is 3.37. The van der Waals surface area contributed by atoms with Crippen LogP contribution in [0.25, 0.3) is 0 Å². The summed E-state index contributed by atoms with van der Waals surface area (Å²) in [7, 11) is 0. The van der Waals surface area contributed by atoms with E-state index < -0.39 is 0 Å². The van der Waals surface area contributed by atoms with Gasteiger partial charge in [-0.05, 0) is 19.1 Å². The zero-order valence-electron chi connectivity index (χ0n) is 10.6. The first-order valence-corrected chi connectivity index (χ1v) is 6.21. The number of aromatic nitrogens is 1. The normalized spacial score (nSPS) is 18.4. The minimum Gasteiger partial charge on any atom is -0.395 e. The summed E-state index contributed by atoms with van der Waals surface area (Å²) in [5.41, 5.74) is 0.457. The molecule has 0 aromatic carbocycles. The van der Waals surface area contributed by atoms with Crippen molar-refractivity contribution in [2.24, 2.45) is 0 Å². The molecule has 5 heteroatoms. The van der Waals surface area contributed by atoms with Gasteiger partial charge >= 0.3 is 0 Å². The maximum Gasteiger partial charge on any atom is 0.142 e. The predicted molar refractivity (Wildman–Crippen MR) is 69.3 cm³/mol. The van der Waals surface area contributed by atoms with Crippen molar-refractivity contribution in [1.29, 1.82) is 5.26 Å². The molecule has 0 spiro atoms. The molecule has 1 saturated heterocycles. The summed E-state index contributed by atoms with van der Waals surface area (Å²) < 4.78 is 0. The van der Waals surface area contributed by atoms with E-state index >= 15 is 0 Å². The lowest BCUT2D eigenvalue weighted by Gasteiger charge is -2.38. The maximum absolute atomic E-state index is 9.13. The number of hydrogen-bond acceptors (Lipinski definition) is 5. The standard InChI is InChI=1S/C13H18N4O/c1-11(10-18)16-5-7-17(8-6-16)13-4-2-3-12(9-14)15-13/h2-4,11,18H,5-8,10H2,1H3. The number of nitriles is 1. The molecule has 96 valence electrons. The van der Waals surface area contributed by atoms with Crippen molar-refractivity contribution in [1.82, 2.24) is 9.88 Å². The van der Waals surface area contributed by atoms with E-state index in [2.05, 4.69) is 20.9 Å². The molecule has 0 aliphatic carbocycles. The molecule has 1 atom stereocenters. The van der Waals surface area contributed by atoms with Crippen LogP contribution in [0.1, 0.15) is 12.6 Å². The first kappa shape index (κ1) is 12.8. The Morgan fingerprint density at radius 3 is 2.72 bits per heavy atom. The van der Waals surface area contributed by atoms with Gasteiger partial charge in [0.25, 0.3) is 0 Å². The zero-order valence-corrected chi connectivity index (χ0v) is 10.6. The van der Waals surface area contributed by atoms with E-state index in [-0.39, 0.29) is 12.6 Å². The fourth-order valence-corrected chi connectivity index (χ4v) is 2.17. The molecule has 1 aromatic rings. The summed E-state index contributed by atoms with van der Waals surface area (Å²) >= 11 is 0. The van der Waals surface area contributed by atoms with Gasteiger partial charge in [0.1, 0.15) is 17.6 Å². The molecular weight excluding hydrogens is 228 g/mol. The number of pyridine rings is 1. The Morgan fingerprint density at radius 1 is 1.39 bits per heavy atom. The summed E-state index contributed by atoms with van der Waals surface area (Å²) in [5, 5.41) is 18.0. The van der Waals surface area contributed by atoms with Crippen LogP contribution in [0.15, 0.2) is 18.2 Å². The van der Waals surface area contributed by atoms with Crippen LogP contribution in [0.2, 0.25) is 0 Å². The number of piperazine rings is 1. The third-order valence-corrected chi connectivity index (χ3v) is 3.37. The molecule has 1 unspecified atom stereocenters. The summed E-state index contributed by atoms with van der Waals surface area (Å²) in [6, 6.07) is 7.79. The van der Waals surface area contributed by atoms with Gasteiger partial charge in [-0.25, -0.2) is 4.98 Å². The van der Waals surface area contributed by atoms with Crippen LogP contribution in [0.4, 0.5) is 5.82 Å². The number of nitrogens with zero attached hydrogens (tertiary/aromatic N) is 4. The van der Waals surface area contributed by atoms with E-state index in [1.165, 1.54) is 0 Å². The molecule has 18 heavy (non-hydrogen) atoms. The second-order valence-electron chi connectivity index (χ2n) is 4.55. The van der Waals surface area contributed by atoms with Crippen LogP contribution in [0.3, 0.4) is 0 Å². The molecule has 2 rings (SSSR count). The quantitative estimate of drug-likeness (QED) is 0.839. The lowest BCUT2D eigenvalue weighted by molar-refractivity contribution is 0.128. The predicted octanol–water partition coefficient (Wildman–Crippen LogP) is 0.456. The number of aliphatic hydroxyl groups excluding tert-OH is 1. The molecule has 1 aromatic heterocycles. The van der Waals surface area contributed by atoms with Gasteiger partial charge in [0, 0.05) is 32.2 Å².